The van der Waals surface area contributed by atoms with E-state index in [0.29, 0.717) is 0 Å². The Morgan fingerprint density at radius 2 is 1.60 bits per heavy atom. The lowest BCUT2D eigenvalue weighted by Gasteiger charge is -2.39. The average molecular weight is 539 g/mol. The third-order valence-corrected chi connectivity index (χ3v) is 15.1. The van der Waals surface area contributed by atoms with Crippen molar-refractivity contribution in [3.8, 4) is 11.5 Å². The van der Waals surface area contributed by atoms with Crippen LogP contribution in [0.3, 0.4) is 0 Å². The fraction of sp³-hybridized carbons (Fsp3) is 0.630. The van der Waals surface area contributed by atoms with Gasteiger partial charge in [0.05, 0.1) is 25.9 Å². The lowest BCUT2D eigenvalue weighted by atomic mass is 10.1. The van der Waals surface area contributed by atoms with Crippen LogP contribution in [0, 0.1) is 11.5 Å². The monoisotopic (exact) mass is 538 g/mol. The Labute approximate surface area is 216 Å². The second-order valence-electron chi connectivity index (χ2n) is 10.7. The zero-order valence-electron chi connectivity index (χ0n) is 23.6. The Bertz CT molecular complexity index is 901. The van der Waals surface area contributed by atoms with Gasteiger partial charge < -0.3 is 4.43 Å². The maximum absolute atomic E-state index is 12.6. The molecule has 1 aromatic carbocycles. The van der Waals surface area contributed by atoms with Crippen LogP contribution >= 0.6 is 7.82 Å². The molecule has 0 aliphatic rings. The van der Waals surface area contributed by atoms with Gasteiger partial charge in [0, 0.05) is 6.42 Å². The largest absolute Gasteiger partial charge is 0.475 e. The average Bonchev–Trinajstić information content (AvgIpc) is 2.75. The normalized spacial score (nSPS) is 14.4. The van der Waals surface area contributed by atoms with Crippen molar-refractivity contribution in [1.29, 1.82) is 0 Å². The van der Waals surface area contributed by atoms with Crippen molar-refractivity contribution in [1.82, 2.24) is 0 Å². The molecule has 0 radical (unpaired) electrons. The zero-order valence-corrected chi connectivity index (χ0v) is 26.5. The highest BCUT2D eigenvalue weighted by atomic mass is 31.2. The molecular formula is C27H47O5PSi2. The van der Waals surface area contributed by atoms with Gasteiger partial charge in [-0.25, -0.2) is 4.57 Å². The summed E-state index contributed by atoms with van der Waals surface area (Å²) in [4.78, 5) is 0. The SMILES string of the molecule is CCOP(=O)(OCC)OC/C=C(\C)[C@H](CCC#C[Si](C)(C)c1ccccc1)O[Si](C)(C)C(C)(C)C. The second kappa shape index (κ2) is 14.1. The molecule has 0 saturated heterocycles. The maximum Gasteiger partial charge on any atom is 0.475 e. The van der Waals surface area contributed by atoms with Crippen molar-refractivity contribution in [3.05, 3.63) is 42.0 Å². The number of benzene rings is 1. The molecule has 0 aromatic heterocycles. The van der Waals surface area contributed by atoms with E-state index in [1.54, 1.807) is 13.8 Å². The van der Waals surface area contributed by atoms with E-state index >= 15 is 0 Å². The van der Waals surface area contributed by atoms with E-state index in [1.807, 2.05) is 19.1 Å². The molecule has 35 heavy (non-hydrogen) atoms. The maximum atomic E-state index is 12.6. The van der Waals surface area contributed by atoms with Crippen molar-refractivity contribution in [2.45, 2.75) is 91.7 Å². The predicted octanol–water partition coefficient (Wildman–Crippen LogP) is 7.46. The number of hydrogen-bond donors (Lipinski definition) is 0. The molecule has 1 rings (SSSR count). The summed E-state index contributed by atoms with van der Waals surface area (Å²) in [7, 11) is -7.35. The van der Waals surface area contributed by atoms with E-state index in [0.717, 1.165) is 18.4 Å². The molecule has 0 aliphatic carbocycles. The van der Waals surface area contributed by atoms with Crippen molar-refractivity contribution in [2.75, 3.05) is 19.8 Å². The Morgan fingerprint density at radius 1 is 1.03 bits per heavy atom. The van der Waals surface area contributed by atoms with Crippen molar-refractivity contribution in [2.24, 2.45) is 0 Å². The molecule has 0 heterocycles. The smallest absolute Gasteiger partial charge is 0.410 e. The minimum atomic E-state index is -3.54. The highest BCUT2D eigenvalue weighted by molar-refractivity contribution is 7.48. The highest BCUT2D eigenvalue weighted by Crippen LogP contribution is 2.49. The summed E-state index contributed by atoms with van der Waals surface area (Å²) < 4.78 is 35.4. The first-order valence-electron chi connectivity index (χ1n) is 12.6. The molecule has 0 unspecified atom stereocenters. The molecule has 1 atom stereocenters. The summed E-state index contributed by atoms with van der Waals surface area (Å²) in [6.45, 7) is 22.1. The van der Waals surface area contributed by atoms with Crippen LogP contribution in [0.5, 0.6) is 0 Å². The van der Waals surface area contributed by atoms with E-state index < -0.39 is 24.2 Å². The Morgan fingerprint density at radius 3 is 2.11 bits per heavy atom. The Hall–Kier alpha value is -0.976. The van der Waals surface area contributed by atoms with Crippen molar-refractivity contribution >= 4 is 29.4 Å². The summed E-state index contributed by atoms with van der Waals surface area (Å²) in [5.41, 5.74) is 4.64. The van der Waals surface area contributed by atoms with Gasteiger partial charge in [-0.05, 0) is 56.1 Å². The van der Waals surface area contributed by atoms with Crippen LogP contribution in [0.25, 0.3) is 0 Å². The van der Waals surface area contributed by atoms with Crippen molar-refractivity contribution in [3.63, 3.8) is 0 Å². The van der Waals surface area contributed by atoms with Crippen LogP contribution in [0.2, 0.25) is 31.2 Å². The summed E-state index contributed by atoms with van der Waals surface area (Å²) in [5.74, 6) is 3.45. The topological polar surface area (TPSA) is 54.0 Å². The summed E-state index contributed by atoms with van der Waals surface area (Å²) >= 11 is 0. The minimum absolute atomic E-state index is 0.0751. The Kier molecular flexibility index (Phi) is 12.9. The number of phosphoric ester groups is 1. The molecule has 0 spiro atoms. The summed E-state index contributed by atoms with van der Waals surface area (Å²) in [6.07, 6.45) is 3.41. The first kappa shape index (κ1) is 32.1. The summed E-state index contributed by atoms with van der Waals surface area (Å²) in [6, 6.07) is 10.6. The highest BCUT2D eigenvalue weighted by Gasteiger charge is 2.39. The first-order chi connectivity index (χ1) is 16.2. The van der Waals surface area contributed by atoms with E-state index in [2.05, 4.69) is 82.7 Å². The van der Waals surface area contributed by atoms with E-state index in [9.17, 15) is 4.57 Å². The molecule has 0 amide bonds. The summed E-state index contributed by atoms with van der Waals surface area (Å²) in [5, 5.41) is 1.44. The molecule has 0 saturated carbocycles. The van der Waals surface area contributed by atoms with Crippen LogP contribution in [0.1, 0.15) is 54.4 Å². The molecule has 0 fully saturated rings. The Balaban J connectivity index is 2.99. The quantitative estimate of drug-likeness (QED) is 0.113. The van der Waals surface area contributed by atoms with Crippen LogP contribution in [-0.2, 0) is 22.6 Å². The van der Waals surface area contributed by atoms with Gasteiger partial charge in [0.15, 0.2) is 16.4 Å². The fourth-order valence-electron chi connectivity index (χ4n) is 3.15. The fourth-order valence-corrected chi connectivity index (χ4v) is 7.36. The molecular weight excluding hydrogens is 491 g/mol. The van der Waals surface area contributed by atoms with Gasteiger partial charge in [-0.2, -0.15) is 0 Å². The van der Waals surface area contributed by atoms with Gasteiger partial charge >= 0.3 is 7.82 Å². The van der Waals surface area contributed by atoms with E-state index in [1.165, 1.54) is 5.19 Å². The van der Waals surface area contributed by atoms with Gasteiger partial charge in [0.25, 0.3) is 0 Å². The lowest BCUT2D eigenvalue weighted by Crippen LogP contribution is -2.44. The first-order valence-corrected chi connectivity index (χ1v) is 20.0. The molecule has 8 heteroatoms. The minimum Gasteiger partial charge on any atom is -0.410 e. The van der Waals surface area contributed by atoms with Gasteiger partial charge in [0.1, 0.15) is 0 Å². The standard InChI is InChI=1S/C27H47O5PSi2/c1-11-29-33(28,30-12-2)31-22-21-24(3)26(32-35(9,10)27(4,5)6)20-16-17-23-34(7,8)25-18-14-13-15-19-25/h13-15,18-19,21,26H,11-12,16,20,22H2,1-10H3/b24-21+/t26-/m0/s1. The lowest BCUT2D eigenvalue weighted by molar-refractivity contribution is 0.130. The van der Waals surface area contributed by atoms with Crippen LogP contribution < -0.4 is 5.19 Å². The van der Waals surface area contributed by atoms with Gasteiger partial charge in [-0.3, -0.25) is 13.6 Å². The van der Waals surface area contributed by atoms with Crippen LogP contribution in [-0.4, -0.2) is 42.3 Å². The second-order valence-corrected chi connectivity index (χ2v) is 21.2. The zero-order chi connectivity index (χ0) is 26.8. The number of phosphoric acid groups is 1. The van der Waals surface area contributed by atoms with Crippen LogP contribution in [0.15, 0.2) is 42.0 Å². The van der Waals surface area contributed by atoms with Gasteiger partial charge in [0.2, 0.25) is 0 Å². The van der Waals surface area contributed by atoms with Gasteiger partial charge in [-0.15, -0.1) is 11.5 Å². The molecule has 0 N–H and O–H groups in total. The van der Waals surface area contributed by atoms with Crippen molar-refractivity contribution < 1.29 is 22.6 Å². The molecule has 0 aliphatic heterocycles. The number of hydrogen-bond acceptors (Lipinski definition) is 5. The predicted molar refractivity (Wildman–Crippen MR) is 153 cm³/mol. The number of rotatable bonds is 13. The third kappa shape index (κ3) is 10.9. The molecule has 5 nitrogen and oxygen atoms in total. The molecule has 198 valence electrons. The molecule has 1 aromatic rings. The van der Waals surface area contributed by atoms with E-state index in [4.69, 9.17) is 18.0 Å². The van der Waals surface area contributed by atoms with E-state index in [-0.39, 0.29) is 31.0 Å². The van der Waals surface area contributed by atoms with Crippen LogP contribution in [0.4, 0.5) is 0 Å². The third-order valence-electron chi connectivity index (χ3n) is 6.39. The molecule has 0 bridgehead atoms. The van der Waals surface area contributed by atoms with Gasteiger partial charge in [-0.1, -0.05) is 70.3 Å².